The van der Waals surface area contributed by atoms with Crippen LogP contribution in [0.25, 0.3) is 0 Å². The third-order valence-electron chi connectivity index (χ3n) is 3.25. The first-order valence-corrected chi connectivity index (χ1v) is 5.69. The number of anilines is 1. The van der Waals surface area contributed by atoms with Crippen LogP contribution in [0.15, 0.2) is 18.2 Å². The number of hydrogen-bond acceptors (Lipinski definition) is 2. The molecule has 2 nitrogen and oxygen atoms in total. The van der Waals surface area contributed by atoms with E-state index in [2.05, 4.69) is 36.9 Å². The normalized spacial score (nSPS) is 20.2. The molecule has 1 unspecified atom stereocenters. The first-order chi connectivity index (χ1) is 7.22. The van der Waals surface area contributed by atoms with Crippen LogP contribution in [0.5, 0.6) is 0 Å². The van der Waals surface area contributed by atoms with Crippen LogP contribution < -0.4 is 4.90 Å². The number of nitrogens with zero attached hydrogens (tertiary/aromatic N) is 1. The minimum atomic E-state index is 0.234. The lowest BCUT2D eigenvalue weighted by molar-refractivity contribution is 0.296. The number of aliphatic hydroxyl groups excluding tert-OH is 1. The molecule has 0 saturated carbocycles. The molecule has 0 saturated heterocycles. The quantitative estimate of drug-likeness (QED) is 0.799. The van der Waals surface area contributed by atoms with Crippen LogP contribution in [-0.2, 0) is 6.42 Å². The molecule has 82 valence electrons. The van der Waals surface area contributed by atoms with E-state index in [9.17, 15) is 0 Å². The van der Waals surface area contributed by atoms with E-state index in [1.54, 1.807) is 0 Å². The smallest absolute Gasteiger partial charge is 0.0606 e. The van der Waals surface area contributed by atoms with Crippen LogP contribution in [0.3, 0.4) is 0 Å². The zero-order valence-corrected chi connectivity index (χ0v) is 9.53. The van der Waals surface area contributed by atoms with Crippen LogP contribution in [-0.4, -0.2) is 24.3 Å². The van der Waals surface area contributed by atoms with E-state index in [0.717, 1.165) is 6.54 Å². The number of hydrogen-bond donors (Lipinski definition) is 1. The maximum Gasteiger partial charge on any atom is 0.0606 e. The van der Waals surface area contributed by atoms with Crippen LogP contribution in [0, 0.1) is 6.92 Å². The fourth-order valence-corrected chi connectivity index (χ4v) is 2.36. The summed E-state index contributed by atoms with van der Waals surface area (Å²) in [5.74, 6) is 0. The zero-order chi connectivity index (χ0) is 10.8. The van der Waals surface area contributed by atoms with Gasteiger partial charge in [0.2, 0.25) is 0 Å². The second kappa shape index (κ2) is 4.23. The van der Waals surface area contributed by atoms with Crippen LogP contribution >= 0.6 is 0 Å². The molecule has 15 heavy (non-hydrogen) atoms. The van der Waals surface area contributed by atoms with Crippen molar-refractivity contribution in [1.82, 2.24) is 0 Å². The third-order valence-corrected chi connectivity index (χ3v) is 3.25. The Balaban J connectivity index is 2.36. The average Bonchev–Trinajstić information content (AvgIpc) is 2.23. The molecule has 2 heteroatoms. The van der Waals surface area contributed by atoms with E-state index < -0.39 is 0 Å². The molecule has 2 rings (SSSR count). The summed E-state index contributed by atoms with van der Waals surface area (Å²) in [5, 5.41) is 9.09. The van der Waals surface area contributed by atoms with Gasteiger partial charge in [-0.1, -0.05) is 12.1 Å². The van der Waals surface area contributed by atoms with Gasteiger partial charge in [0.15, 0.2) is 0 Å². The van der Waals surface area contributed by atoms with E-state index >= 15 is 0 Å². The van der Waals surface area contributed by atoms with Crippen molar-refractivity contribution in [3.63, 3.8) is 0 Å². The van der Waals surface area contributed by atoms with Crippen LogP contribution in [0.2, 0.25) is 0 Å². The van der Waals surface area contributed by atoms with Crippen molar-refractivity contribution in [3.05, 3.63) is 29.3 Å². The molecule has 0 bridgehead atoms. The van der Waals surface area contributed by atoms with Crippen LogP contribution in [0.1, 0.15) is 24.5 Å². The van der Waals surface area contributed by atoms with Crippen molar-refractivity contribution in [2.24, 2.45) is 0 Å². The summed E-state index contributed by atoms with van der Waals surface area (Å²) in [6.45, 7) is 5.34. The Morgan fingerprint density at radius 2 is 2.27 bits per heavy atom. The van der Waals surface area contributed by atoms with Crippen molar-refractivity contribution >= 4 is 5.69 Å². The summed E-state index contributed by atoms with van der Waals surface area (Å²) in [6, 6.07) is 7.18. The Bertz CT molecular complexity index is 348. The molecule has 1 aliphatic heterocycles. The number of rotatable bonds is 2. The van der Waals surface area contributed by atoms with Gasteiger partial charge < -0.3 is 10.0 Å². The second-order valence-corrected chi connectivity index (χ2v) is 4.44. The van der Waals surface area contributed by atoms with Gasteiger partial charge in [0.1, 0.15) is 0 Å². The summed E-state index contributed by atoms with van der Waals surface area (Å²) in [5.41, 5.74) is 4.04. The maximum atomic E-state index is 9.09. The third kappa shape index (κ3) is 2.00. The van der Waals surface area contributed by atoms with Gasteiger partial charge in [-0.2, -0.15) is 0 Å². The SMILES string of the molecule is Cc1ccc2c(c1)N(CCO)C(C)CC2. The molecule has 1 aromatic rings. The molecular formula is C13H19NO. The summed E-state index contributed by atoms with van der Waals surface area (Å²) >= 11 is 0. The lowest BCUT2D eigenvalue weighted by Gasteiger charge is -2.37. The molecule has 1 N–H and O–H groups in total. The highest BCUT2D eigenvalue weighted by Crippen LogP contribution is 2.30. The molecule has 0 aliphatic carbocycles. The Morgan fingerprint density at radius 1 is 1.47 bits per heavy atom. The summed E-state index contributed by atoms with van der Waals surface area (Å²) in [4.78, 5) is 2.33. The number of benzene rings is 1. The molecule has 1 aromatic carbocycles. The van der Waals surface area contributed by atoms with E-state index in [4.69, 9.17) is 5.11 Å². The minimum Gasteiger partial charge on any atom is -0.395 e. The topological polar surface area (TPSA) is 23.5 Å². The lowest BCUT2D eigenvalue weighted by atomic mass is 9.95. The maximum absolute atomic E-state index is 9.09. The molecule has 1 aliphatic rings. The predicted molar refractivity (Wildman–Crippen MR) is 63.4 cm³/mol. The Morgan fingerprint density at radius 3 is 3.00 bits per heavy atom. The predicted octanol–water partition coefficient (Wildman–Crippen LogP) is 2.13. The van der Waals surface area contributed by atoms with Gasteiger partial charge >= 0.3 is 0 Å². The first-order valence-electron chi connectivity index (χ1n) is 5.69. The molecular weight excluding hydrogens is 186 g/mol. The molecule has 0 spiro atoms. The Kier molecular flexibility index (Phi) is 2.96. The standard InChI is InChI=1S/C13H19NO/c1-10-3-5-12-6-4-11(2)14(7-8-15)13(12)9-10/h3,5,9,11,15H,4,6-8H2,1-2H3. The first kappa shape index (κ1) is 10.5. The van der Waals surface area contributed by atoms with Crippen molar-refractivity contribution in [2.45, 2.75) is 32.7 Å². The van der Waals surface area contributed by atoms with E-state index in [1.165, 1.54) is 29.7 Å². The van der Waals surface area contributed by atoms with Gasteiger partial charge in [0, 0.05) is 18.3 Å². The number of β-amino-alcohol motifs (C(OH)–C–C–N with tert-alkyl or cyclic N) is 1. The van der Waals surface area contributed by atoms with Gasteiger partial charge in [-0.05, 0) is 43.9 Å². The van der Waals surface area contributed by atoms with Gasteiger partial charge in [0.25, 0.3) is 0 Å². The summed E-state index contributed by atoms with van der Waals surface area (Å²) in [7, 11) is 0. The summed E-state index contributed by atoms with van der Waals surface area (Å²) in [6.07, 6.45) is 2.36. The molecule has 1 atom stereocenters. The minimum absolute atomic E-state index is 0.234. The van der Waals surface area contributed by atoms with Crippen LogP contribution in [0.4, 0.5) is 5.69 Å². The van der Waals surface area contributed by atoms with Gasteiger partial charge in [-0.3, -0.25) is 0 Å². The highest BCUT2D eigenvalue weighted by Gasteiger charge is 2.22. The fourth-order valence-electron chi connectivity index (χ4n) is 2.36. The molecule has 0 radical (unpaired) electrons. The highest BCUT2D eigenvalue weighted by atomic mass is 16.3. The number of aryl methyl sites for hydroxylation is 2. The number of aliphatic hydroxyl groups is 1. The molecule has 0 fully saturated rings. The van der Waals surface area contributed by atoms with Gasteiger partial charge in [-0.15, -0.1) is 0 Å². The van der Waals surface area contributed by atoms with Gasteiger partial charge in [0.05, 0.1) is 6.61 Å². The molecule has 0 amide bonds. The van der Waals surface area contributed by atoms with E-state index in [1.807, 2.05) is 0 Å². The molecule has 1 heterocycles. The number of fused-ring (bicyclic) bond motifs is 1. The lowest BCUT2D eigenvalue weighted by Crippen LogP contribution is -2.39. The molecule has 0 aromatic heterocycles. The monoisotopic (exact) mass is 205 g/mol. The van der Waals surface area contributed by atoms with Crippen molar-refractivity contribution < 1.29 is 5.11 Å². The average molecular weight is 205 g/mol. The zero-order valence-electron chi connectivity index (χ0n) is 9.53. The van der Waals surface area contributed by atoms with Crippen molar-refractivity contribution in [1.29, 1.82) is 0 Å². The highest BCUT2D eigenvalue weighted by molar-refractivity contribution is 5.58. The Labute approximate surface area is 91.5 Å². The van der Waals surface area contributed by atoms with Gasteiger partial charge in [-0.25, -0.2) is 0 Å². The van der Waals surface area contributed by atoms with Crippen molar-refractivity contribution in [3.8, 4) is 0 Å². The van der Waals surface area contributed by atoms with E-state index in [-0.39, 0.29) is 6.61 Å². The largest absolute Gasteiger partial charge is 0.395 e. The Hall–Kier alpha value is -1.02. The summed E-state index contributed by atoms with van der Waals surface area (Å²) < 4.78 is 0. The van der Waals surface area contributed by atoms with E-state index in [0.29, 0.717) is 6.04 Å². The second-order valence-electron chi connectivity index (χ2n) is 4.44. The fraction of sp³-hybridized carbons (Fsp3) is 0.538. The van der Waals surface area contributed by atoms with Crippen molar-refractivity contribution in [2.75, 3.05) is 18.1 Å².